The van der Waals surface area contributed by atoms with Gasteiger partial charge in [-0.05, 0) is 43.7 Å². The minimum Gasteiger partial charge on any atom is -0.506 e. The second kappa shape index (κ2) is 7.87. The number of likely N-dealkylation sites (tertiary alicyclic amines) is 1. The number of nitrogens with one attached hydrogen (secondary N) is 1. The van der Waals surface area contributed by atoms with E-state index in [1.165, 1.54) is 43.4 Å². The first-order chi connectivity index (χ1) is 12.7. The molecule has 3 aliphatic rings. The highest BCUT2D eigenvalue weighted by Crippen LogP contribution is 2.35. The number of nitrogens with zero attached hydrogens (tertiary/aromatic N) is 2. The van der Waals surface area contributed by atoms with E-state index in [-0.39, 0.29) is 0 Å². The SMILES string of the molecule is O=C(C[NH+]1CCN(c2ccccc2O)CC1)N1CCC[C@@H]2CCCC[C@@H]21. The van der Waals surface area contributed by atoms with E-state index in [2.05, 4.69) is 9.80 Å². The Hall–Kier alpha value is -1.75. The zero-order chi connectivity index (χ0) is 17.9. The molecule has 26 heavy (non-hydrogen) atoms. The molecule has 2 aliphatic heterocycles. The molecule has 4 rings (SSSR count). The van der Waals surface area contributed by atoms with E-state index in [1.54, 1.807) is 6.07 Å². The largest absolute Gasteiger partial charge is 0.506 e. The third-order valence-electron chi connectivity index (χ3n) is 6.66. The molecule has 1 saturated carbocycles. The molecule has 1 aliphatic carbocycles. The van der Waals surface area contributed by atoms with Gasteiger partial charge < -0.3 is 19.8 Å². The lowest BCUT2D eigenvalue weighted by Gasteiger charge is -2.44. The highest BCUT2D eigenvalue weighted by atomic mass is 16.3. The van der Waals surface area contributed by atoms with E-state index in [0.717, 1.165) is 44.3 Å². The van der Waals surface area contributed by atoms with Gasteiger partial charge in [-0.25, -0.2) is 0 Å². The number of carbonyl (C=O) groups is 1. The number of piperidine rings is 1. The smallest absolute Gasteiger partial charge is 0.278 e. The van der Waals surface area contributed by atoms with Gasteiger partial charge in [0, 0.05) is 12.6 Å². The first-order valence-electron chi connectivity index (χ1n) is 10.4. The van der Waals surface area contributed by atoms with Crippen molar-refractivity contribution in [3.8, 4) is 5.75 Å². The highest BCUT2D eigenvalue weighted by Gasteiger charge is 2.37. The molecule has 1 aromatic carbocycles. The maximum absolute atomic E-state index is 13.0. The van der Waals surface area contributed by atoms with Crippen LogP contribution in [0.15, 0.2) is 24.3 Å². The molecule has 3 fully saturated rings. The Kier molecular flexibility index (Phi) is 5.34. The van der Waals surface area contributed by atoms with Crippen LogP contribution in [0, 0.1) is 5.92 Å². The summed E-state index contributed by atoms with van der Waals surface area (Å²) in [5.74, 6) is 1.48. The fourth-order valence-electron chi connectivity index (χ4n) is 5.22. The summed E-state index contributed by atoms with van der Waals surface area (Å²) in [4.78, 5) is 18.8. The quantitative estimate of drug-likeness (QED) is 0.856. The van der Waals surface area contributed by atoms with E-state index in [9.17, 15) is 9.90 Å². The van der Waals surface area contributed by atoms with E-state index in [0.29, 0.717) is 24.2 Å². The van der Waals surface area contributed by atoms with Gasteiger partial charge >= 0.3 is 0 Å². The average molecular weight is 359 g/mol. The number of hydrogen-bond acceptors (Lipinski definition) is 3. The molecule has 2 atom stereocenters. The van der Waals surface area contributed by atoms with Gasteiger partial charge in [0.1, 0.15) is 5.75 Å². The van der Waals surface area contributed by atoms with E-state index >= 15 is 0 Å². The third-order valence-corrected chi connectivity index (χ3v) is 6.66. The molecule has 1 aromatic rings. The standard InChI is InChI=1S/C21H31N3O2/c25-20-10-4-3-9-19(20)23-14-12-22(13-15-23)16-21(26)24-11-5-7-17-6-1-2-8-18(17)24/h3-4,9-10,17-18,25H,1-2,5-8,11-16H2/p+1/t17-,18-/m0/s1. The summed E-state index contributed by atoms with van der Waals surface area (Å²) in [5.41, 5.74) is 0.916. The Morgan fingerprint density at radius 3 is 2.58 bits per heavy atom. The van der Waals surface area contributed by atoms with Crippen LogP contribution in [-0.4, -0.2) is 61.2 Å². The minimum absolute atomic E-state index is 0.351. The number of para-hydroxylation sites is 2. The van der Waals surface area contributed by atoms with E-state index in [1.807, 2.05) is 18.2 Å². The van der Waals surface area contributed by atoms with E-state index in [4.69, 9.17) is 0 Å². The molecule has 5 heteroatoms. The number of benzene rings is 1. The molecule has 142 valence electrons. The summed E-state index contributed by atoms with van der Waals surface area (Å²) in [6, 6.07) is 8.06. The average Bonchev–Trinajstić information content (AvgIpc) is 2.68. The molecular weight excluding hydrogens is 326 g/mol. The number of quaternary nitrogens is 1. The van der Waals surface area contributed by atoms with Crippen LogP contribution in [0.1, 0.15) is 38.5 Å². The molecule has 5 nitrogen and oxygen atoms in total. The predicted molar refractivity (Wildman–Crippen MR) is 103 cm³/mol. The van der Waals surface area contributed by atoms with Crippen molar-refractivity contribution in [2.75, 3.05) is 44.2 Å². The number of anilines is 1. The van der Waals surface area contributed by atoms with Gasteiger partial charge in [-0.2, -0.15) is 0 Å². The minimum atomic E-state index is 0.351. The number of phenols is 1. The second-order valence-corrected chi connectivity index (χ2v) is 8.24. The normalized spacial score (nSPS) is 27.2. The molecule has 2 heterocycles. The van der Waals surface area contributed by atoms with Crippen molar-refractivity contribution >= 4 is 11.6 Å². The molecule has 2 N–H and O–H groups in total. The van der Waals surface area contributed by atoms with Gasteiger partial charge in [-0.1, -0.05) is 25.0 Å². The van der Waals surface area contributed by atoms with Crippen LogP contribution in [0.4, 0.5) is 5.69 Å². The summed E-state index contributed by atoms with van der Waals surface area (Å²) >= 11 is 0. The zero-order valence-corrected chi connectivity index (χ0v) is 15.7. The van der Waals surface area contributed by atoms with Crippen LogP contribution in [0.3, 0.4) is 0 Å². The van der Waals surface area contributed by atoms with Crippen molar-refractivity contribution in [1.29, 1.82) is 0 Å². The Morgan fingerprint density at radius 1 is 1.04 bits per heavy atom. The predicted octanol–water partition coefficient (Wildman–Crippen LogP) is 1.28. The summed E-state index contributed by atoms with van der Waals surface area (Å²) in [6.45, 7) is 5.32. The van der Waals surface area contributed by atoms with Gasteiger partial charge in [0.2, 0.25) is 0 Å². The first-order valence-corrected chi connectivity index (χ1v) is 10.4. The first kappa shape index (κ1) is 17.7. The van der Waals surface area contributed by atoms with Crippen molar-refractivity contribution in [1.82, 2.24) is 4.90 Å². The number of carbonyl (C=O) groups excluding carboxylic acids is 1. The van der Waals surface area contributed by atoms with Crippen molar-refractivity contribution in [2.45, 2.75) is 44.6 Å². The number of aromatic hydroxyl groups is 1. The molecule has 0 aromatic heterocycles. The lowest BCUT2D eigenvalue weighted by molar-refractivity contribution is -0.892. The number of hydrogen-bond donors (Lipinski definition) is 2. The number of phenolic OH excluding ortho intramolecular Hbond substituents is 1. The van der Waals surface area contributed by atoms with Crippen molar-refractivity contribution in [3.63, 3.8) is 0 Å². The molecule has 0 bridgehead atoms. The number of amides is 1. The van der Waals surface area contributed by atoms with Crippen LogP contribution in [-0.2, 0) is 4.79 Å². The monoisotopic (exact) mass is 358 g/mol. The van der Waals surface area contributed by atoms with Crippen molar-refractivity contribution in [3.05, 3.63) is 24.3 Å². The molecule has 0 unspecified atom stereocenters. The van der Waals surface area contributed by atoms with Gasteiger partial charge in [0.25, 0.3) is 5.91 Å². The van der Waals surface area contributed by atoms with Crippen LogP contribution in [0.25, 0.3) is 0 Å². The summed E-state index contributed by atoms with van der Waals surface area (Å²) in [6.07, 6.45) is 7.68. The van der Waals surface area contributed by atoms with Crippen molar-refractivity contribution in [2.24, 2.45) is 5.92 Å². The molecule has 1 amide bonds. The fourth-order valence-corrected chi connectivity index (χ4v) is 5.22. The Morgan fingerprint density at radius 2 is 1.77 bits per heavy atom. The third kappa shape index (κ3) is 3.68. The Bertz CT molecular complexity index is 625. The molecular formula is C21H32N3O2+. The summed E-state index contributed by atoms with van der Waals surface area (Å²) < 4.78 is 0. The second-order valence-electron chi connectivity index (χ2n) is 8.24. The topological polar surface area (TPSA) is 48.2 Å². The zero-order valence-electron chi connectivity index (χ0n) is 15.7. The maximum atomic E-state index is 13.0. The molecule has 2 saturated heterocycles. The van der Waals surface area contributed by atoms with Gasteiger partial charge in [-0.3, -0.25) is 4.79 Å². The summed E-state index contributed by atoms with van der Waals surface area (Å²) in [5, 5.41) is 10.0. The van der Waals surface area contributed by atoms with E-state index < -0.39 is 0 Å². The summed E-state index contributed by atoms with van der Waals surface area (Å²) in [7, 11) is 0. The Balaban J connectivity index is 1.31. The number of piperazine rings is 1. The van der Waals surface area contributed by atoms with Crippen LogP contribution in [0.2, 0.25) is 0 Å². The maximum Gasteiger partial charge on any atom is 0.278 e. The van der Waals surface area contributed by atoms with Crippen molar-refractivity contribution < 1.29 is 14.8 Å². The highest BCUT2D eigenvalue weighted by molar-refractivity contribution is 5.77. The van der Waals surface area contributed by atoms with Crippen LogP contribution >= 0.6 is 0 Å². The fraction of sp³-hybridized carbons (Fsp3) is 0.667. The number of rotatable bonds is 3. The Labute approximate surface area is 156 Å². The van der Waals surface area contributed by atoms with Crippen LogP contribution in [0.5, 0.6) is 5.75 Å². The van der Waals surface area contributed by atoms with Gasteiger partial charge in [0.15, 0.2) is 6.54 Å². The van der Waals surface area contributed by atoms with Gasteiger partial charge in [-0.15, -0.1) is 0 Å². The molecule has 0 radical (unpaired) electrons. The lowest BCUT2D eigenvalue weighted by Crippen LogP contribution is -3.16. The van der Waals surface area contributed by atoms with Gasteiger partial charge in [0.05, 0.1) is 31.9 Å². The number of fused-ring (bicyclic) bond motifs is 1. The van der Waals surface area contributed by atoms with Crippen LogP contribution < -0.4 is 9.80 Å². The molecule has 0 spiro atoms. The lowest BCUT2D eigenvalue weighted by atomic mass is 9.78.